The molecule has 38 heavy (non-hydrogen) atoms. The minimum atomic E-state index is -0.897. The van der Waals surface area contributed by atoms with Gasteiger partial charge < -0.3 is 15.1 Å². The Morgan fingerprint density at radius 3 is 2.63 bits per heavy atom. The summed E-state index contributed by atoms with van der Waals surface area (Å²) in [6, 6.07) is 24.5. The Morgan fingerprint density at radius 1 is 1.13 bits per heavy atom. The van der Waals surface area contributed by atoms with Crippen molar-refractivity contribution >= 4 is 5.91 Å². The number of carbonyl (C=O) groups is 1. The van der Waals surface area contributed by atoms with Crippen molar-refractivity contribution in [1.29, 1.82) is 5.26 Å². The van der Waals surface area contributed by atoms with Gasteiger partial charge in [-0.1, -0.05) is 54.5 Å². The van der Waals surface area contributed by atoms with Crippen molar-refractivity contribution in [1.82, 2.24) is 15.1 Å². The zero-order chi connectivity index (χ0) is 26.7. The molecule has 7 nitrogen and oxygen atoms in total. The van der Waals surface area contributed by atoms with E-state index in [-0.39, 0.29) is 17.8 Å². The van der Waals surface area contributed by atoms with Crippen molar-refractivity contribution in [2.24, 2.45) is 5.73 Å². The molecule has 1 aromatic heterocycles. The van der Waals surface area contributed by atoms with Crippen molar-refractivity contribution < 1.29 is 9.21 Å². The Morgan fingerprint density at radius 2 is 1.87 bits per heavy atom. The van der Waals surface area contributed by atoms with E-state index in [9.17, 15) is 10.1 Å². The van der Waals surface area contributed by atoms with Crippen LogP contribution in [0.4, 0.5) is 0 Å². The third-order valence-electron chi connectivity index (χ3n) is 6.82. The Hall–Kier alpha value is -4.72. The van der Waals surface area contributed by atoms with Crippen LogP contribution in [0.1, 0.15) is 47.1 Å². The van der Waals surface area contributed by atoms with Crippen LogP contribution in [-0.2, 0) is 12.0 Å². The smallest absolute Gasteiger partial charge is 0.254 e. The number of nitrogens with zero attached hydrogens (tertiary/aromatic N) is 4. The van der Waals surface area contributed by atoms with Crippen molar-refractivity contribution in [3.05, 3.63) is 95.4 Å². The summed E-state index contributed by atoms with van der Waals surface area (Å²) in [5.41, 5.74) is 9.64. The SMILES string of the molecule is C#C[C@H]1CCCN1C(=O)c1cc(-c2nnc([C@@](C)(N)Cc3ccccc3)o2)cc(-c2ccccc2C#N)c1. The van der Waals surface area contributed by atoms with E-state index in [1.54, 1.807) is 29.2 Å². The zero-order valence-corrected chi connectivity index (χ0v) is 21.1. The van der Waals surface area contributed by atoms with Gasteiger partial charge in [0.05, 0.1) is 23.2 Å². The molecule has 0 aliphatic carbocycles. The molecule has 3 aromatic carbocycles. The number of rotatable bonds is 6. The minimum Gasteiger partial charge on any atom is -0.419 e. The molecule has 2 heterocycles. The molecule has 0 saturated carbocycles. The maximum Gasteiger partial charge on any atom is 0.254 e. The van der Waals surface area contributed by atoms with Gasteiger partial charge in [-0.15, -0.1) is 16.6 Å². The quantitative estimate of drug-likeness (QED) is 0.375. The van der Waals surface area contributed by atoms with Gasteiger partial charge in [0, 0.05) is 17.7 Å². The van der Waals surface area contributed by atoms with Crippen LogP contribution in [0.5, 0.6) is 0 Å². The van der Waals surface area contributed by atoms with E-state index in [1.807, 2.05) is 55.5 Å². The van der Waals surface area contributed by atoms with Gasteiger partial charge in [-0.25, -0.2) is 0 Å². The average molecular weight is 502 g/mol. The second-order valence-electron chi connectivity index (χ2n) is 9.77. The number of carbonyl (C=O) groups excluding carboxylic acids is 1. The molecule has 188 valence electrons. The van der Waals surface area contributed by atoms with Gasteiger partial charge in [-0.3, -0.25) is 4.79 Å². The summed E-state index contributed by atoms with van der Waals surface area (Å²) in [7, 11) is 0. The lowest BCUT2D eigenvalue weighted by Crippen LogP contribution is -2.35. The molecule has 5 rings (SSSR count). The van der Waals surface area contributed by atoms with Gasteiger partial charge in [-0.05, 0) is 67.1 Å². The number of hydrogen-bond donors (Lipinski definition) is 1. The number of benzene rings is 3. The topological polar surface area (TPSA) is 109 Å². The summed E-state index contributed by atoms with van der Waals surface area (Å²) in [6.45, 7) is 2.44. The Kier molecular flexibility index (Phi) is 6.79. The fourth-order valence-electron chi connectivity index (χ4n) is 4.88. The van der Waals surface area contributed by atoms with E-state index in [1.165, 1.54) is 0 Å². The number of nitrogens with two attached hydrogens (primary N) is 1. The highest BCUT2D eigenvalue weighted by Gasteiger charge is 2.31. The van der Waals surface area contributed by atoms with E-state index in [4.69, 9.17) is 16.6 Å². The maximum atomic E-state index is 13.6. The van der Waals surface area contributed by atoms with Crippen LogP contribution in [0.3, 0.4) is 0 Å². The lowest BCUT2D eigenvalue weighted by atomic mass is 9.94. The largest absolute Gasteiger partial charge is 0.419 e. The highest BCUT2D eigenvalue weighted by molar-refractivity contribution is 5.97. The van der Waals surface area contributed by atoms with Gasteiger partial charge in [0.25, 0.3) is 5.91 Å². The van der Waals surface area contributed by atoms with Gasteiger partial charge in [0.2, 0.25) is 11.8 Å². The van der Waals surface area contributed by atoms with E-state index < -0.39 is 5.54 Å². The number of amides is 1. The van der Waals surface area contributed by atoms with E-state index in [0.717, 1.165) is 18.4 Å². The molecular formula is C31H27N5O2. The third-order valence-corrected chi connectivity index (χ3v) is 6.82. The summed E-state index contributed by atoms with van der Waals surface area (Å²) in [4.78, 5) is 15.3. The minimum absolute atomic E-state index is 0.171. The van der Waals surface area contributed by atoms with Gasteiger partial charge >= 0.3 is 0 Å². The average Bonchev–Trinajstić information content (AvgIpc) is 3.63. The lowest BCUT2D eigenvalue weighted by molar-refractivity contribution is 0.0766. The first-order chi connectivity index (χ1) is 18.4. The monoisotopic (exact) mass is 501 g/mol. The van der Waals surface area contributed by atoms with Crippen LogP contribution in [0, 0.1) is 23.7 Å². The molecule has 1 aliphatic heterocycles. The molecule has 2 N–H and O–H groups in total. The Balaban J connectivity index is 1.57. The van der Waals surface area contributed by atoms with Gasteiger partial charge in [0.1, 0.15) is 0 Å². The van der Waals surface area contributed by atoms with Crippen LogP contribution in [0.2, 0.25) is 0 Å². The number of terminal acetylenes is 1. The summed E-state index contributed by atoms with van der Waals surface area (Å²) < 4.78 is 6.09. The molecule has 1 amide bonds. The summed E-state index contributed by atoms with van der Waals surface area (Å²) in [5.74, 6) is 3.08. The summed E-state index contributed by atoms with van der Waals surface area (Å²) in [6.07, 6.45) is 7.83. The predicted molar refractivity (Wildman–Crippen MR) is 144 cm³/mol. The van der Waals surface area contributed by atoms with Crippen molar-refractivity contribution in [2.75, 3.05) is 6.54 Å². The summed E-state index contributed by atoms with van der Waals surface area (Å²) in [5, 5.41) is 18.2. The molecule has 0 bridgehead atoms. The molecular weight excluding hydrogens is 474 g/mol. The predicted octanol–water partition coefficient (Wildman–Crippen LogP) is 4.93. The van der Waals surface area contributed by atoms with E-state index >= 15 is 0 Å². The number of aromatic nitrogens is 2. The molecule has 0 unspecified atom stereocenters. The van der Waals surface area contributed by atoms with E-state index in [0.29, 0.717) is 46.7 Å². The van der Waals surface area contributed by atoms with Gasteiger partial charge in [-0.2, -0.15) is 5.26 Å². The van der Waals surface area contributed by atoms with Crippen LogP contribution < -0.4 is 5.73 Å². The van der Waals surface area contributed by atoms with Crippen LogP contribution >= 0.6 is 0 Å². The molecule has 0 spiro atoms. The highest BCUT2D eigenvalue weighted by Crippen LogP contribution is 2.32. The maximum absolute atomic E-state index is 13.6. The molecule has 1 saturated heterocycles. The Bertz CT molecular complexity index is 1560. The number of hydrogen-bond acceptors (Lipinski definition) is 6. The normalized spacial score (nSPS) is 16.4. The molecule has 2 atom stereocenters. The first-order valence-electron chi connectivity index (χ1n) is 12.5. The highest BCUT2D eigenvalue weighted by atomic mass is 16.4. The number of nitriles is 1. The standard InChI is InChI=1S/C31H27N5O2/c1-3-26-13-9-15-36(26)29(37)25-17-23(27-14-8-7-12-22(27)20-32)16-24(18-25)28-34-35-30(38-28)31(2,33)19-21-10-5-4-6-11-21/h1,4-8,10-12,14,16-18,26H,9,13,15,19,33H2,2H3/t26-,31-/m0/s1. The molecule has 1 aliphatic rings. The first kappa shape index (κ1) is 25.0. The number of likely N-dealkylation sites (tertiary alicyclic amines) is 1. The van der Waals surface area contributed by atoms with Crippen LogP contribution in [0.25, 0.3) is 22.6 Å². The lowest BCUT2D eigenvalue weighted by Gasteiger charge is -2.21. The van der Waals surface area contributed by atoms with E-state index in [2.05, 4.69) is 22.2 Å². The fraction of sp³-hybridized carbons (Fsp3) is 0.226. The van der Waals surface area contributed by atoms with Crippen molar-refractivity contribution in [2.45, 2.75) is 37.8 Å². The molecule has 1 fully saturated rings. The first-order valence-corrected chi connectivity index (χ1v) is 12.5. The second-order valence-corrected chi connectivity index (χ2v) is 9.77. The molecule has 4 aromatic rings. The van der Waals surface area contributed by atoms with Crippen LogP contribution in [0.15, 0.2) is 77.2 Å². The third kappa shape index (κ3) is 4.93. The molecule has 7 heteroatoms. The van der Waals surface area contributed by atoms with Crippen molar-refractivity contribution in [3.63, 3.8) is 0 Å². The summed E-state index contributed by atoms with van der Waals surface area (Å²) >= 11 is 0. The zero-order valence-electron chi connectivity index (χ0n) is 21.1. The fourth-order valence-corrected chi connectivity index (χ4v) is 4.88. The van der Waals surface area contributed by atoms with Crippen molar-refractivity contribution in [3.8, 4) is 41.0 Å². The van der Waals surface area contributed by atoms with Gasteiger partial charge in [0.15, 0.2) is 0 Å². The molecule has 0 radical (unpaired) electrons. The second kappa shape index (κ2) is 10.3. The Labute approximate surface area is 221 Å². The van der Waals surface area contributed by atoms with Crippen LogP contribution in [-0.4, -0.2) is 33.6 Å².